The second-order valence-electron chi connectivity index (χ2n) is 11.7. The minimum Gasteiger partial charge on any atom is -0.244 e. The third-order valence-electron chi connectivity index (χ3n) is 7.93. The molecule has 228 valence electrons. The van der Waals surface area contributed by atoms with Crippen LogP contribution >= 0.6 is 11.3 Å². The van der Waals surface area contributed by atoms with E-state index in [-0.39, 0.29) is 17.3 Å². The van der Waals surface area contributed by atoms with Gasteiger partial charge in [-0.05, 0) is 109 Å². The first-order valence-electron chi connectivity index (χ1n) is 14.4. The highest BCUT2D eigenvalue weighted by Crippen LogP contribution is 2.30. The molecule has 0 amide bonds. The zero-order chi connectivity index (χ0) is 30.8. The van der Waals surface area contributed by atoms with Crippen molar-refractivity contribution in [3.8, 4) is 22.3 Å². The summed E-state index contributed by atoms with van der Waals surface area (Å²) in [6.07, 6.45) is 8.10. The van der Waals surface area contributed by atoms with E-state index in [1.165, 1.54) is 39.7 Å². The van der Waals surface area contributed by atoms with Crippen molar-refractivity contribution in [1.29, 1.82) is 0 Å². The molecule has 2 heterocycles. The minimum atomic E-state index is -3.23. The first kappa shape index (κ1) is 31.5. The number of thiophene rings is 1. The minimum absolute atomic E-state index is 0.00914. The summed E-state index contributed by atoms with van der Waals surface area (Å²) in [7, 11) is -6.43. The molecule has 0 fully saturated rings. The average molecular weight is 639 g/mol. The van der Waals surface area contributed by atoms with Gasteiger partial charge in [-0.1, -0.05) is 36.4 Å². The summed E-state index contributed by atoms with van der Waals surface area (Å²) in [5.41, 5.74) is 9.38. The van der Waals surface area contributed by atoms with Gasteiger partial charge in [0.15, 0.2) is 0 Å². The van der Waals surface area contributed by atoms with Gasteiger partial charge in [0.1, 0.15) is 6.33 Å². The van der Waals surface area contributed by atoms with Crippen molar-refractivity contribution >= 4 is 31.4 Å². The van der Waals surface area contributed by atoms with Gasteiger partial charge in [0.25, 0.3) is 0 Å². The summed E-state index contributed by atoms with van der Waals surface area (Å²) in [6, 6.07) is 14.7. The van der Waals surface area contributed by atoms with Gasteiger partial charge in [-0.2, -0.15) is 11.3 Å². The molecule has 2 N–H and O–H groups in total. The predicted octanol–water partition coefficient (Wildman–Crippen LogP) is 5.15. The molecular formula is C32H38N4O4S3. The van der Waals surface area contributed by atoms with Crippen molar-refractivity contribution in [2.24, 2.45) is 0 Å². The summed E-state index contributed by atoms with van der Waals surface area (Å²) in [5.74, 6) is 0. The summed E-state index contributed by atoms with van der Waals surface area (Å²) in [6.45, 7) is 6.80. The Bertz CT molecular complexity index is 1770. The van der Waals surface area contributed by atoms with Crippen LogP contribution in [-0.4, -0.2) is 49.4 Å². The molecule has 2 unspecified atom stereocenters. The van der Waals surface area contributed by atoms with Crippen molar-refractivity contribution in [2.75, 3.05) is 0 Å². The first-order chi connectivity index (χ1) is 20.4. The molecule has 8 nitrogen and oxygen atoms in total. The Morgan fingerprint density at radius 2 is 1.12 bits per heavy atom. The van der Waals surface area contributed by atoms with E-state index in [2.05, 4.69) is 66.6 Å². The van der Waals surface area contributed by atoms with Crippen LogP contribution in [0.1, 0.15) is 49.9 Å². The third-order valence-corrected chi connectivity index (χ3v) is 12.4. The van der Waals surface area contributed by atoms with Crippen LogP contribution in [0.2, 0.25) is 0 Å². The van der Waals surface area contributed by atoms with E-state index >= 15 is 0 Å². The molecule has 0 aliphatic heterocycles. The number of nitrogens with one attached hydrogen (secondary N) is 2. The number of benzene rings is 2. The van der Waals surface area contributed by atoms with Gasteiger partial charge < -0.3 is 0 Å². The van der Waals surface area contributed by atoms with Crippen LogP contribution in [0.4, 0.5) is 0 Å². The zero-order valence-corrected chi connectivity index (χ0v) is 27.3. The maximum Gasteiger partial charge on any atom is 0.214 e. The largest absolute Gasteiger partial charge is 0.244 e. The molecule has 43 heavy (non-hydrogen) atoms. The fraction of sp³-hybridized carbons (Fsp3) is 0.375. The molecule has 0 saturated carbocycles. The molecule has 6 rings (SSSR count). The standard InChI is InChI=1S/C16H19N3O2S.C16H19NO2S2/c1-11(2)22(20,21)19-16-6-13-4-3-12(5-14(13)7-16)15-8-17-10-18-9-15;1-11(2)21(18,19)17-16-8-13-4-3-12(7-15(13)9-16)14-5-6-20-10-14/h3-5,8-11,16,19H,6-7H2,1-2H3;3-7,10-11,16-17H,8-9H2,1-2H3. The molecule has 0 radical (unpaired) electrons. The van der Waals surface area contributed by atoms with Crippen LogP contribution in [0.15, 0.2) is 71.9 Å². The molecule has 4 aromatic rings. The van der Waals surface area contributed by atoms with E-state index in [1.807, 2.05) is 6.07 Å². The number of rotatable bonds is 8. The Hall–Kier alpha value is -2.96. The number of nitrogens with zero attached hydrogens (tertiary/aromatic N) is 2. The highest BCUT2D eigenvalue weighted by Gasteiger charge is 2.28. The average Bonchev–Trinajstić information content (AvgIpc) is 3.72. The second kappa shape index (κ2) is 13.0. The van der Waals surface area contributed by atoms with E-state index < -0.39 is 25.3 Å². The third kappa shape index (κ3) is 7.58. The summed E-state index contributed by atoms with van der Waals surface area (Å²) >= 11 is 1.69. The lowest BCUT2D eigenvalue weighted by molar-refractivity contribution is 0.546. The topological polar surface area (TPSA) is 118 Å². The summed E-state index contributed by atoms with van der Waals surface area (Å²) < 4.78 is 53.6. The monoisotopic (exact) mass is 638 g/mol. The summed E-state index contributed by atoms with van der Waals surface area (Å²) in [4.78, 5) is 8.07. The van der Waals surface area contributed by atoms with Crippen molar-refractivity contribution < 1.29 is 16.8 Å². The quantitative estimate of drug-likeness (QED) is 0.276. The number of fused-ring (bicyclic) bond motifs is 2. The van der Waals surface area contributed by atoms with Crippen molar-refractivity contribution in [2.45, 2.75) is 76.0 Å². The normalized spacial score (nSPS) is 17.9. The zero-order valence-electron chi connectivity index (χ0n) is 24.8. The van der Waals surface area contributed by atoms with Crippen molar-refractivity contribution in [3.63, 3.8) is 0 Å². The molecule has 0 saturated heterocycles. The molecule has 2 aromatic heterocycles. The van der Waals surface area contributed by atoms with Gasteiger partial charge in [-0.15, -0.1) is 0 Å². The van der Waals surface area contributed by atoms with E-state index in [4.69, 9.17) is 0 Å². The number of hydrogen-bond donors (Lipinski definition) is 2. The maximum atomic E-state index is 12.0. The Labute approximate surface area is 259 Å². The van der Waals surface area contributed by atoms with Gasteiger partial charge in [0.05, 0.1) is 10.5 Å². The smallest absolute Gasteiger partial charge is 0.214 e. The van der Waals surface area contributed by atoms with Gasteiger partial charge in [0, 0.05) is 30.0 Å². The molecule has 0 spiro atoms. The van der Waals surface area contributed by atoms with E-state index in [1.54, 1.807) is 51.4 Å². The van der Waals surface area contributed by atoms with Crippen molar-refractivity contribution in [1.82, 2.24) is 19.4 Å². The molecule has 11 heteroatoms. The maximum absolute atomic E-state index is 12.0. The van der Waals surface area contributed by atoms with Crippen LogP contribution in [-0.2, 0) is 45.7 Å². The fourth-order valence-electron chi connectivity index (χ4n) is 5.38. The Balaban J connectivity index is 0.000000171. The van der Waals surface area contributed by atoms with Crippen molar-refractivity contribution in [3.05, 3.63) is 94.2 Å². The molecule has 2 atom stereocenters. The van der Waals surface area contributed by atoms with Crippen LogP contribution < -0.4 is 9.44 Å². The van der Waals surface area contributed by atoms with E-state index in [9.17, 15) is 16.8 Å². The Kier molecular flexibility index (Phi) is 9.48. The van der Waals surface area contributed by atoms with Gasteiger partial charge in [-0.3, -0.25) is 0 Å². The highest BCUT2D eigenvalue weighted by molar-refractivity contribution is 7.90. The molecule has 2 aromatic carbocycles. The number of aromatic nitrogens is 2. The second-order valence-corrected chi connectivity index (χ2v) is 17.1. The Morgan fingerprint density at radius 3 is 1.56 bits per heavy atom. The highest BCUT2D eigenvalue weighted by atomic mass is 32.2. The van der Waals surface area contributed by atoms with Crippen LogP contribution in [0, 0.1) is 0 Å². The number of hydrogen-bond acceptors (Lipinski definition) is 7. The molecule has 2 aliphatic carbocycles. The van der Waals surface area contributed by atoms with Crippen LogP contribution in [0.3, 0.4) is 0 Å². The molecule has 2 aliphatic rings. The summed E-state index contributed by atoms with van der Waals surface area (Å²) in [5, 5.41) is 3.41. The van der Waals surface area contributed by atoms with E-state index in [0.29, 0.717) is 0 Å². The predicted molar refractivity (Wildman–Crippen MR) is 174 cm³/mol. The lowest BCUT2D eigenvalue weighted by Crippen LogP contribution is -2.39. The molecular weight excluding hydrogens is 601 g/mol. The lowest BCUT2D eigenvalue weighted by Gasteiger charge is -2.14. The van der Waals surface area contributed by atoms with Gasteiger partial charge in [-0.25, -0.2) is 36.2 Å². The van der Waals surface area contributed by atoms with E-state index in [0.717, 1.165) is 36.8 Å². The van der Waals surface area contributed by atoms with Gasteiger partial charge >= 0.3 is 0 Å². The first-order valence-corrected chi connectivity index (χ1v) is 18.5. The number of sulfonamides is 2. The fourth-order valence-corrected chi connectivity index (χ4v) is 7.85. The Morgan fingerprint density at radius 1 is 0.651 bits per heavy atom. The SMILES string of the molecule is CC(C)S(=O)(=O)NC1Cc2ccc(-c3ccsc3)cc2C1.CC(C)S(=O)(=O)NC1Cc2ccc(-c3cncnc3)cc2C1. The van der Waals surface area contributed by atoms with Gasteiger partial charge in [0.2, 0.25) is 20.0 Å². The van der Waals surface area contributed by atoms with Crippen LogP contribution in [0.5, 0.6) is 0 Å². The molecule has 0 bridgehead atoms. The lowest BCUT2D eigenvalue weighted by atomic mass is 10.0. The van der Waals surface area contributed by atoms with Crippen LogP contribution in [0.25, 0.3) is 22.3 Å².